The third-order valence-corrected chi connectivity index (χ3v) is 5.10. The molecule has 26 heavy (non-hydrogen) atoms. The summed E-state index contributed by atoms with van der Waals surface area (Å²) in [5.41, 5.74) is 3.75. The van der Waals surface area contributed by atoms with Gasteiger partial charge in [0.25, 0.3) is 0 Å². The van der Waals surface area contributed by atoms with E-state index in [4.69, 9.17) is 16.3 Å². The van der Waals surface area contributed by atoms with Gasteiger partial charge in [-0.1, -0.05) is 54.1 Å². The molecule has 0 fully saturated rings. The summed E-state index contributed by atoms with van der Waals surface area (Å²) in [6.45, 7) is 3.69. The topological polar surface area (TPSA) is 14.2 Å². The van der Waals surface area contributed by atoms with E-state index in [1.165, 1.54) is 21.8 Å². The van der Waals surface area contributed by atoms with Crippen molar-refractivity contribution in [3.63, 3.8) is 0 Å². The number of fused-ring (bicyclic) bond motifs is 3. The summed E-state index contributed by atoms with van der Waals surface area (Å²) in [4.78, 5) is 0. The van der Waals surface area contributed by atoms with Gasteiger partial charge in [0.05, 0.1) is 11.6 Å². The quantitative estimate of drug-likeness (QED) is 0.351. The van der Waals surface area contributed by atoms with Crippen LogP contribution in [0.4, 0.5) is 0 Å². The summed E-state index contributed by atoms with van der Waals surface area (Å²) >= 11 is 6.23. The lowest BCUT2D eigenvalue weighted by Gasteiger charge is -2.10. The van der Waals surface area contributed by atoms with E-state index in [0.717, 1.165) is 30.7 Å². The van der Waals surface area contributed by atoms with Crippen LogP contribution in [0.1, 0.15) is 18.4 Å². The van der Waals surface area contributed by atoms with E-state index < -0.39 is 0 Å². The van der Waals surface area contributed by atoms with E-state index in [-0.39, 0.29) is 0 Å². The molecule has 0 unspecified atom stereocenters. The van der Waals surface area contributed by atoms with Gasteiger partial charge in [-0.05, 0) is 49.6 Å². The monoisotopic (exact) mass is 363 g/mol. The van der Waals surface area contributed by atoms with Gasteiger partial charge in [-0.15, -0.1) is 0 Å². The van der Waals surface area contributed by atoms with Gasteiger partial charge in [0.2, 0.25) is 0 Å². The smallest absolute Gasteiger partial charge is 0.137 e. The van der Waals surface area contributed by atoms with Crippen molar-refractivity contribution in [3.05, 3.63) is 77.3 Å². The standard InChI is InChI=1S/C23H22ClNO/c1-17-12-13-23(20(24)16-17)26-15-7-6-14-25-21-10-4-2-8-18(21)19-9-3-5-11-22(19)25/h2-5,8-13,16H,6-7,14-15H2,1H3. The second-order valence-electron chi connectivity index (χ2n) is 6.68. The Hall–Kier alpha value is -2.45. The number of ether oxygens (including phenoxy) is 1. The molecule has 132 valence electrons. The lowest BCUT2D eigenvalue weighted by molar-refractivity contribution is 0.304. The van der Waals surface area contributed by atoms with Gasteiger partial charge in [-0.25, -0.2) is 0 Å². The Morgan fingerprint density at radius 1 is 0.846 bits per heavy atom. The van der Waals surface area contributed by atoms with Gasteiger partial charge in [0.1, 0.15) is 5.75 Å². The zero-order valence-corrected chi connectivity index (χ0v) is 15.7. The number of rotatable bonds is 6. The molecule has 0 saturated carbocycles. The predicted molar refractivity (Wildman–Crippen MR) is 110 cm³/mol. The van der Waals surface area contributed by atoms with Gasteiger partial charge >= 0.3 is 0 Å². The average Bonchev–Trinajstić information content (AvgIpc) is 2.97. The number of nitrogens with zero attached hydrogens (tertiary/aromatic N) is 1. The van der Waals surface area contributed by atoms with E-state index in [2.05, 4.69) is 53.1 Å². The molecule has 0 atom stereocenters. The molecule has 4 rings (SSSR count). The van der Waals surface area contributed by atoms with Gasteiger partial charge in [0.15, 0.2) is 0 Å². The van der Waals surface area contributed by atoms with Crippen LogP contribution in [0, 0.1) is 6.92 Å². The van der Waals surface area contributed by atoms with E-state index in [1.54, 1.807) is 0 Å². The molecular weight excluding hydrogens is 342 g/mol. The van der Waals surface area contributed by atoms with Crippen molar-refractivity contribution in [3.8, 4) is 5.75 Å². The summed E-state index contributed by atoms with van der Waals surface area (Å²) in [6, 6.07) is 23.2. The SMILES string of the molecule is Cc1ccc(OCCCCn2c3ccccc3c3ccccc32)c(Cl)c1. The molecule has 0 amide bonds. The maximum atomic E-state index is 6.23. The number of para-hydroxylation sites is 2. The fourth-order valence-electron chi connectivity index (χ4n) is 3.52. The molecule has 0 spiro atoms. The lowest BCUT2D eigenvalue weighted by Crippen LogP contribution is -2.02. The first kappa shape index (κ1) is 17.0. The molecule has 0 aliphatic rings. The minimum Gasteiger partial charge on any atom is -0.492 e. The van der Waals surface area contributed by atoms with Crippen molar-refractivity contribution in [2.45, 2.75) is 26.3 Å². The number of hydrogen-bond donors (Lipinski definition) is 0. The van der Waals surface area contributed by atoms with Gasteiger partial charge in [-0.2, -0.15) is 0 Å². The number of halogens is 1. The molecule has 0 radical (unpaired) electrons. The van der Waals surface area contributed by atoms with Crippen molar-refractivity contribution in [1.29, 1.82) is 0 Å². The third-order valence-electron chi connectivity index (χ3n) is 4.80. The molecule has 0 N–H and O–H groups in total. The van der Waals surface area contributed by atoms with Crippen molar-refractivity contribution in [2.24, 2.45) is 0 Å². The van der Waals surface area contributed by atoms with E-state index in [0.29, 0.717) is 11.6 Å². The Morgan fingerprint density at radius 3 is 2.15 bits per heavy atom. The first-order valence-electron chi connectivity index (χ1n) is 9.09. The molecule has 0 aliphatic heterocycles. The molecule has 4 aromatic rings. The molecule has 0 saturated heterocycles. The highest BCUT2D eigenvalue weighted by Gasteiger charge is 2.09. The van der Waals surface area contributed by atoms with E-state index in [9.17, 15) is 0 Å². The number of unbranched alkanes of at least 4 members (excludes halogenated alkanes) is 1. The Kier molecular flexibility index (Phi) is 4.85. The van der Waals surface area contributed by atoms with Crippen LogP contribution in [0.25, 0.3) is 21.8 Å². The van der Waals surface area contributed by atoms with Crippen molar-refractivity contribution in [1.82, 2.24) is 4.57 Å². The highest BCUT2D eigenvalue weighted by molar-refractivity contribution is 6.32. The molecule has 3 aromatic carbocycles. The zero-order valence-electron chi connectivity index (χ0n) is 14.9. The number of benzene rings is 3. The second-order valence-corrected chi connectivity index (χ2v) is 7.08. The number of aromatic nitrogens is 1. The molecule has 1 aromatic heterocycles. The van der Waals surface area contributed by atoms with Crippen molar-refractivity contribution < 1.29 is 4.74 Å². The normalized spacial score (nSPS) is 11.3. The van der Waals surface area contributed by atoms with Crippen LogP contribution in [0.5, 0.6) is 5.75 Å². The molecule has 2 nitrogen and oxygen atoms in total. The number of aryl methyl sites for hydroxylation is 2. The molecule has 0 bridgehead atoms. The fraction of sp³-hybridized carbons (Fsp3) is 0.217. The fourth-order valence-corrected chi connectivity index (χ4v) is 3.81. The Balaban J connectivity index is 1.43. The number of hydrogen-bond acceptors (Lipinski definition) is 1. The van der Waals surface area contributed by atoms with E-state index >= 15 is 0 Å². The minimum atomic E-state index is 0.680. The third kappa shape index (κ3) is 3.30. The summed E-state index contributed by atoms with van der Waals surface area (Å²) in [5, 5.41) is 3.34. The van der Waals surface area contributed by atoms with E-state index in [1.807, 2.05) is 25.1 Å². The Bertz CT molecular complexity index is 997. The largest absolute Gasteiger partial charge is 0.492 e. The van der Waals surface area contributed by atoms with Crippen molar-refractivity contribution >= 4 is 33.4 Å². The van der Waals surface area contributed by atoms with Crippen molar-refractivity contribution in [2.75, 3.05) is 6.61 Å². The first-order chi connectivity index (χ1) is 12.7. The summed E-state index contributed by atoms with van der Waals surface area (Å²) < 4.78 is 8.27. The van der Waals surface area contributed by atoms with Crippen LogP contribution < -0.4 is 4.74 Å². The first-order valence-corrected chi connectivity index (χ1v) is 9.47. The highest BCUT2D eigenvalue weighted by Crippen LogP contribution is 2.29. The maximum Gasteiger partial charge on any atom is 0.137 e. The van der Waals surface area contributed by atoms with Crippen LogP contribution in [-0.4, -0.2) is 11.2 Å². The predicted octanol–water partition coefficient (Wildman–Crippen LogP) is 6.62. The average molecular weight is 364 g/mol. The molecular formula is C23H22ClNO. The van der Waals surface area contributed by atoms with Crippen LogP contribution in [0.3, 0.4) is 0 Å². The summed E-state index contributed by atoms with van der Waals surface area (Å²) in [5.74, 6) is 0.772. The van der Waals surface area contributed by atoms with Gasteiger partial charge in [0, 0.05) is 28.4 Å². The Morgan fingerprint density at radius 2 is 1.50 bits per heavy atom. The Labute approximate surface area is 159 Å². The molecule has 1 heterocycles. The zero-order chi connectivity index (χ0) is 17.9. The van der Waals surface area contributed by atoms with Crippen LogP contribution in [0.15, 0.2) is 66.7 Å². The van der Waals surface area contributed by atoms with Gasteiger partial charge < -0.3 is 9.30 Å². The van der Waals surface area contributed by atoms with Crippen LogP contribution in [0.2, 0.25) is 5.02 Å². The lowest BCUT2D eigenvalue weighted by atomic mass is 10.2. The molecule has 3 heteroatoms. The van der Waals surface area contributed by atoms with Crippen LogP contribution >= 0.6 is 11.6 Å². The maximum absolute atomic E-state index is 6.23. The second kappa shape index (κ2) is 7.43. The van der Waals surface area contributed by atoms with Gasteiger partial charge in [-0.3, -0.25) is 0 Å². The molecule has 0 aliphatic carbocycles. The minimum absolute atomic E-state index is 0.680. The summed E-state index contributed by atoms with van der Waals surface area (Å²) in [7, 11) is 0. The summed E-state index contributed by atoms with van der Waals surface area (Å²) in [6.07, 6.45) is 2.05. The van der Waals surface area contributed by atoms with Crippen LogP contribution in [-0.2, 0) is 6.54 Å². The highest BCUT2D eigenvalue weighted by atomic mass is 35.5.